The first-order valence-corrected chi connectivity index (χ1v) is 9.35. The van der Waals surface area contributed by atoms with Gasteiger partial charge in [-0.2, -0.15) is 13.2 Å². The number of carbonyl (C=O) groups excluding carboxylic acids is 1. The fourth-order valence-corrected chi connectivity index (χ4v) is 4.26. The second kappa shape index (κ2) is 7.20. The van der Waals surface area contributed by atoms with Crippen LogP contribution in [0.5, 0.6) is 0 Å². The minimum Gasteiger partial charge on any atom is -0.331 e. The lowest BCUT2D eigenvalue weighted by molar-refractivity contribution is -0.137. The van der Waals surface area contributed by atoms with Crippen molar-refractivity contribution in [1.29, 1.82) is 0 Å². The average molecular weight is 392 g/mol. The molecule has 2 atom stereocenters. The minimum absolute atomic E-state index is 0.0256. The fourth-order valence-electron chi connectivity index (χ4n) is 4.26. The first-order valence-electron chi connectivity index (χ1n) is 9.35. The highest BCUT2D eigenvalue weighted by Crippen LogP contribution is 2.35. The van der Waals surface area contributed by atoms with Crippen LogP contribution in [-0.4, -0.2) is 36.0 Å². The second-order valence-corrected chi connectivity index (χ2v) is 7.36. The van der Waals surface area contributed by atoms with Gasteiger partial charge < -0.3 is 10.2 Å². The van der Waals surface area contributed by atoms with Gasteiger partial charge in [0, 0.05) is 18.6 Å². The van der Waals surface area contributed by atoms with E-state index in [-0.39, 0.29) is 29.1 Å². The molecule has 2 aromatic rings. The predicted octanol–water partition coefficient (Wildman–Crippen LogP) is 4.48. The van der Waals surface area contributed by atoms with Crippen molar-refractivity contribution < 1.29 is 22.4 Å². The standard InChI is InChI=1S/C21H20F4N2O/c22-15-4-7-18(13-2-1-3-14(10-13)21(23,24)25)19(11-15)20(28)27-16-5-6-17(27)12-26-9-8-16/h1-4,7,10-11,16-17,26H,5-6,8-9,12H2. The third-order valence-corrected chi connectivity index (χ3v) is 5.60. The van der Waals surface area contributed by atoms with Gasteiger partial charge in [0.1, 0.15) is 5.82 Å². The topological polar surface area (TPSA) is 32.3 Å². The van der Waals surface area contributed by atoms with E-state index in [1.54, 1.807) is 4.90 Å². The smallest absolute Gasteiger partial charge is 0.331 e. The molecule has 1 N–H and O–H groups in total. The van der Waals surface area contributed by atoms with Crippen LogP contribution in [-0.2, 0) is 6.18 Å². The second-order valence-electron chi connectivity index (χ2n) is 7.36. The number of alkyl halides is 3. The van der Waals surface area contributed by atoms with Gasteiger partial charge in [0.2, 0.25) is 0 Å². The molecule has 4 rings (SSSR count). The number of fused-ring (bicyclic) bond motifs is 2. The van der Waals surface area contributed by atoms with Crippen molar-refractivity contribution in [3.63, 3.8) is 0 Å². The Hall–Kier alpha value is -2.41. The van der Waals surface area contributed by atoms with Gasteiger partial charge >= 0.3 is 6.18 Å². The van der Waals surface area contributed by atoms with Crippen molar-refractivity contribution >= 4 is 5.91 Å². The molecule has 0 radical (unpaired) electrons. The Balaban J connectivity index is 1.77. The third-order valence-electron chi connectivity index (χ3n) is 5.60. The normalized spacial score (nSPS) is 22.2. The Kier molecular flexibility index (Phi) is 4.87. The first-order chi connectivity index (χ1) is 13.3. The lowest BCUT2D eigenvalue weighted by atomic mass is 9.96. The van der Waals surface area contributed by atoms with Crippen molar-refractivity contribution in [3.8, 4) is 11.1 Å². The molecule has 148 valence electrons. The van der Waals surface area contributed by atoms with Gasteiger partial charge in [-0.25, -0.2) is 4.39 Å². The summed E-state index contributed by atoms with van der Waals surface area (Å²) in [4.78, 5) is 15.1. The van der Waals surface area contributed by atoms with Gasteiger partial charge in [-0.1, -0.05) is 18.2 Å². The number of amides is 1. The summed E-state index contributed by atoms with van der Waals surface area (Å²) in [5, 5.41) is 3.30. The molecule has 2 bridgehead atoms. The first kappa shape index (κ1) is 18.9. The largest absolute Gasteiger partial charge is 0.416 e. The highest BCUT2D eigenvalue weighted by atomic mass is 19.4. The molecule has 2 aliphatic rings. The number of hydrogen-bond acceptors (Lipinski definition) is 2. The van der Waals surface area contributed by atoms with E-state index in [1.165, 1.54) is 24.3 Å². The number of nitrogens with zero attached hydrogens (tertiary/aromatic N) is 1. The van der Waals surface area contributed by atoms with Crippen LogP contribution in [0.1, 0.15) is 35.2 Å². The quantitative estimate of drug-likeness (QED) is 0.765. The van der Waals surface area contributed by atoms with Crippen molar-refractivity contribution in [2.75, 3.05) is 13.1 Å². The molecule has 0 spiro atoms. The van der Waals surface area contributed by atoms with Gasteiger partial charge in [0.05, 0.1) is 11.1 Å². The molecule has 0 saturated carbocycles. The summed E-state index contributed by atoms with van der Waals surface area (Å²) < 4.78 is 53.3. The molecule has 2 fully saturated rings. The van der Waals surface area contributed by atoms with Crippen LogP contribution in [0.25, 0.3) is 11.1 Å². The number of halogens is 4. The van der Waals surface area contributed by atoms with Crippen LogP contribution < -0.4 is 5.32 Å². The molecular formula is C21H20F4N2O. The number of benzene rings is 2. The maximum Gasteiger partial charge on any atom is 0.416 e. The summed E-state index contributed by atoms with van der Waals surface area (Å²) in [7, 11) is 0. The molecule has 1 amide bonds. The zero-order valence-corrected chi connectivity index (χ0v) is 15.1. The van der Waals surface area contributed by atoms with Crippen molar-refractivity contribution in [3.05, 3.63) is 59.4 Å². The zero-order chi connectivity index (χ0) is 19.9. The number of carbonyl (C=O) groups is 1. The monoisotopic (exact) mass is 392 g/mol. The Bertz CT molecular complexity index is 882. The lowest BCUT2D eigenvalue weighted by Crippen LogP contribution is -2.42. The van der Waals surface area contributed by atoms with Gasteiger partial charge in [0.15, 0.2) is 0 Å². The average Bonchev–Trinajstić information content (AvgIpc) is 2.93. The molecule has 2 saturated heterocycles. The van der Waals surface area contributed by atoms with E-state index in [1.807, 2.05) is 0 Å². The third kappa shape index (κ3) is 3.51. The van der Waals surface area contributed by atoms with E-state index in [9.17, 15) is 22.4 Å². The highest BCUT2D eigenvalue weighted by Gasteiger charge is 2.39. The Morgan fingerprint density at radius 1 is 1.04 bits per heavy atom. The molecule has 2 aliphatic heterocycles. The Morgan fingerprint density at radius 2 is 1.82 bits per heavy atom. The molecule has 2 aromatic carbocycles. The number of nitrogens with one attached hydrogen (secondary N) is 1. The molecule has 0 aromatic heterocycles. The van der Waals surface area contributed by atoms with E-state index in [2.05, 4.69) is 5.32 Å². The summed E-state index contributed by atoms with van der Waals surface area (Å²) in [5.74, 6) is -0.900. The molecule has 0 aliphatic carbocycles. The van der Waals surface area contributed by atoms with Gasteiger partial charge in [0.25, 0.3) is 5.91 Å². The van der Waals surface area contributed by atoms with Crippen molar-refractivity contribution in [2.24, 2.45) is 0 Å². The summed E-state index contributed by atoms with van der Waals surface area (Å²) in [5.41, 5.74) is -0.127. The molecule has 2 unspecified atom stereocenters. The Morgan fingerprint density at radius 3 is 2.61 bits per heavy atom. The minimum atomic E-state index is -4.49. The van der Waals surface area contributed by atoms with E-state index in [4.69, 9.17) is 0 Å². The maximum atomic E-state index is 14.0. The molecule has 7 heteroatoms. The molecule has 3 nitrogen and oxygen atoms in total. The predicted molar refractivity (Wildman–Crippen MR) is 97.3 cm³/mol. The summed E-state index contributed by atoms with van der Waals surface area (Å²) in [6.45, 7) is 1.49. The van der Waals surface area contributed by atoms with Crippen LogP contribution in [0.4, 0.5) is 17.6 Å². The van der Waals surface area contributed by atoms with Gasteiger partial charge in [-0.3, -0.25) is 4.79 Å². The Labute approximate surface area is 160 Å². The summed E-state index contributed by atoms with van der Waals surface area (Å²) >= 11 is 0. The summed E-state index contributed by atoms with van der Waals surface area (Å²) in [6.07, 6.45) is -1.91. The summed E-state index contributed by atoms with van der Waals surface area (Å²) in [6, 6.07) is 8.59. The van der Waals surface area contributed by atoms with Gasteiger partial charge in [-0.15, -0.1) is 0 Å². The van der Waals surface area contributed by atoms with Crippen LogP contribution in [0.3, 0.4) is 0 Å². The lowest BCUT2D eigenvalue weighted by Gasteiger charge is -2.29. The van der Waals surface area contributed by atoms with Crippen LogP contribution >= 0.6 is 0 Å². The molecule has 2 heterocycles. The van der Waals surface area contributed by atoms with Gasteiger partial charge in [-0.05, 0) is 61.2 Å². The fraction of sp³-hybridized carbons (Fsp3) is 0.381. The van der Waals surface area contributed by atoms with E-state index in [0.717, 1.165) is 44.0 Å². The molecular weight excluding hydrogens is 372 g/mol. The van der Waals surface area contributed by atoms with E-state index in [0.29, 0.717) is 12.1 Å². The van der Waals surface area contributed by atoms with Crippen molar-refractivity contribution in [2.45, 2.75) is 37.5 Å². The molecule has 28 heavy (non-hydrogen) atoms. The zero-order valence-electron chi connectivity index (χ0n) is 15.1. The SMILES string of the molecule is O=C(c1cc(F)ccc1-c1cccc(C(F)(F)F)c1)N1C2CCNCC1CC2. The van der Waals surface area contributed by atoms with Crippen molar-refractivity contribution in [1.82, 2.24) is 10.2 Å². The van der Waals surface area contributed by atoms with Crippen LogP contribution in [0.2, 0.25) is 0 Å². The van der Waals surface area contributed by atoms with Crippen LogP contribution in [0.15, 0.2) is 42.5 Å². The highest BCUT2D eigenvalue weighted by molar-refractivity contribution is 6.01. The number of hydrogen-bond donors (Lipinski definition) is 1. The van der Waals surface area contributed by atoms with Crippen LogP contribution in [0, 0.1) is 5.82 Å². The van der Waals surface area contributed by atoms with E-state index >= 15 is 0 Å². The maximum absolute atomic E-state index is 14.0. The van der Waals surface area contributed by atoms with E-state index < -0.39 is 17.6 Å². The number of rotatable bonds is 2.